The van der Waals surface area contributed by atoms with Gasteiger partial charge in [-0.05, 0) is 69.3 Å². The monoisotopic (exact) mass is 857 g/mol. The van der Waals surface area contributed by atoms with Gasteiger partial charge in [-0.1, -0.05) is 239 Å². The van der Waals surface area contributed by atoms with Gasteiger partial charge >= 0.3 is 5.97 Å². The van der Waals surface area contributed by atoms with Crippen molar-refractivity contribution in [1.82, 2.24) is 0 Å². The minimum atomic E-state index is -3.17. The molecule has 1 aliphatic rings. The Hall–Kier alpha value is -3.82. The van der Waals surface area contributed by atoms with Gasteiger partial charge in [0, 0.05) is 12.0 Å². The smallest absolute Gasteiger partial charge is 0.334 e. The van der Waals surface area contributed by atoms with Crippen molar-refractivity contribution < 1.29 is 18.4 Å². The predicted octanol–water partition coefficient (Wildman–Crippen LogP) is 12.7. The van der Waals surface area contributed by atoms with E-state index in [0.717, 1.165) is 39.2 Å². The van der Waals surface area contributed by atoms with Crippen LogP contribution in [0.2, 0.25) is 10.1 Å². The third-order valence-electron chi connectivity index (χ3n) is 12.5. The van der Waals surface area contributed by atoms with E-state index in [0.29, 0.717) is 6.42 Å². The molecule has 0 bridgehead atoms. The number of rotatable bonds is 24. The Bertz CT molecular complexity index is 1730. The summed E-state index contributed by atoms with van der Waals surface area (Å²) in [6, 6.07) is 42.9. The van der Waals surface area contributed by atoms with E-state index < -0.39 is 29.0 Å². The molecule has 4 aromatic carbocycles. The van der Waals surface area contributed by atoms with E-state index in [1.807, 2.05) is 0 Å². The van der Waals surface area contributed by atoms with E-state index >= 15 is 0 Å². The van der Waals surface area contributed by atoms with E-state index in [9.17, 15) is 4.79 Å². The molecule has 0 aliphatic carbocycles. The first-order valence-corrected chi connectivity index (χ1v) is 27.4. The molecule has 0 aromatic heterocycles. The number of unbranched alkanes of at least 4 members (excludes halogenated alkanes) is 12. The Labute approximate surface area is 372 Å². The summed E-state index contributed by atoms with van der Waals surface area (Å²) in [7, 11) is -6.33. The summed E-state index contributed by atoms with van der Waals surface area (Å²) in [6.45, 7) is 16.0. The molecule has 1 fully saturated rings. The zero-order valence-electron chi connectivity index (χ0n) is 38.7. The lowest BCUT2D eigenvalue weighted by molar-refractivity contribution is -0.154. The van der Waals surface area contributed by atoms with Crippen LogP contribution in [0.3, 0.4) is 0 Å². The van der Waals surface area contributed by atoms with Crippen LogP contribution in [0.4, 0.5) is 0 Å². The number of carbonyl (C=O) groups excluding carboxylic acids is 1. The second kappa shape index (κ2) is 23.6. The van der Waals surface area contributed by atoms with E-state index in [1.54, 1.807) is 0 Å². The molecule has 0 amide bonds. The van der Waals surface area contributed by atoms with Gasteiger partial charge in [0.15, 0.2) is 12.4 Å². The number of hydrogen-bond donors (Lipinski definition) is 0. The Morgan fingerprint density at radius 2 is 0.885 bits per heavy atom. The van der Waals surface area contributed by atoms with Crippen LogP contribution in [0.25, 0.3) is 0 Å². The van der Waals surface area contributed by atoms with Crippen LogP contribution in [-0.2, 0) is 18.4 Å². The number of benzene rings is 4. The molecule has 0 spiro atoms. The van der Waals surface area contributed by atoms with Gasteiger partial charge in [0.2, 0.25) is 0 Å². The predicted molar refractivity (Wildman–Crippen MR) is 263 cm³/mol. The first-order chi connectivity index (χ1) is 29.4. The summed E-state index contributed by atoms with van der Waals surface area (Å²) in [5.74, 6) is -0.250. The number of allylic oxidation sites excluding steroid dienone is 3. The number of cyclic esters (lactones) is 1. The van der Waals surface area contributed by atoms with Crippen molar-refractivity contribution >= 4 is 43.4 Å². The maximum absolute atomic E-state index is 13.9. The summed E-state index contributed by atoms with van der Waals surface area (Å²) in [4.78, 5) is 13.9. The van der Waals surface area contributed by atoms with Gasteiger partial charge < -0.3 is 13.6 Å². The van der Waals surface area contributed by atoms with Crippen LogP contribution in [-0.4, -0.2) is 35.0 Å². The topological polar surface area (TPSA) is 44.8 Å². The first-order valence-electron chi connectivity index (χ1n) is 23.6. The molecule has 6 heteroatoms. The Morgan fingerprint density at radius 1 is 0.541 bits per heavy atom. The van der Waals surface area contributed by atoms with Gasteiger partial charge in [0.05, 0.1) is 0 Å². The third kappa shape index (κ3) is 12.7. The van der Waals surface area contributed by atoms with Crippen molar-refractivity contribution in [3.63, 3.8) is 0 Å². The molecule has 0 saturated carbocycles. The maximum Gasteiger partial charge on any atom is 0.334 e. The molecule has 1 unspecified atom stereocenters. The highest BCUT2D eigenvalue weighted by molar-refractivity contribution is 7.00. The van der Waals surface area contributed by atoms with E-state index in [4.69, 9.17) is 13.6 Å². The summed E-state index contributed by atoms with van der Waals surface area (Å²) in [5, 5.41) is 4.02. The zero-order chi connectivity index (χ0) is 43.6. The average molecular weight is 857 g/mol. The molecule has 4 nitrogen and oxygen atoms in total. The quantitative estimate of drug-likeness (QED) is 0.0176. The Balaban J connectivity index is 1.39. The highest BCUT2D eigenvalue weighted by Gasteiger charge is 2.58. The normalized spacial score (nSPS) is 15.9. The van der Waals surface area contributed by atoms with Gasteiger partial charge in [0.25, 0.3) is 16.6 Å². The number of carbonyl (C=O) groups is 1. The summed E-state index contributed by atoms with van der Waals surface area (Å²) in [6.07, 6.45) is 23.3. The minimum absolute atomic E-state index is 0.250. The Morgan fingerprint density at radius 3 is 1.25 bits per heavy atom. The SMILES string of the molecule is CCCCCCCCC=CCCCCCCCC=C1CC(C(O[Si](c2ccccc2)(c2ccccc2)C(C)(C)C)O[Si](c2ccccc2)(c2ccccc2)C(C)(C)C)OC1=O. The lowest BCUT2D eigenvalue weighted by Crippen LogP contribution is -2.72. The second-order valence-corrected chi connectivity index (χ2v) is 27.7. The molecule has 4 aromatic rings. The van der Waals surface area contributed by atoms with Crippen LogP contribution >= 0.6 is 0 Å². The largest absolute Gasteiger partial charge is 0.453 e. The molecule has 1 atom stereocenters. The van der Waals surface area contributed by atoms with Crippen LogP contribution in [0, 0.1) is 0 Å². The summed E-state index contributed by atoms with van der Waals surface area (Å²) in [5.41, 5.74) is 0.739. The van der Waals surface area contributed by atoms with Crippen molar-refractivity contribution in [2.45, 2.75) is 167 Å². The highest BCUT2D eigenvalue weighted by Crippen LogP contribution is 2.43. The molecule has 1 aliphatic heterocycles. The Kier molecular flexibility index (Phi) is 18.6. The minimum Gasteiger partial charge on any atom is -0.453 e. The zero-order valence-corrected chi connectivity index (χ0v) is 40.7. The first kappa shape index (κ1) is 48.2. The number of esters is 1. The third-order valence-corrected chi connectivity index (χ3v) is 22.5. The molecule has 5 rings (SSSR count). The summed E-state index contributed by atoms with van der Waals surface area (Å²) >= 11 is 0. The second-order valence-electron chi connectivity index (χ2n) is 19.2. The van der Waals surface area contributed by atoms with E-state index in [2.05, 4.69) is 188 Å². The highest BCUT2D eigenvalue weighted by atomic mass is 28.4. The fraction of sp³-hybridized carbons (Fsp3) is 0.473. The van der Waals surface area contributed by atoms with Crippen LogP contribution in [0.15, 0.2) is 145 Å². The number of ether oxygens (including phenoxy) is 1. The van der Waals surface area contributed by atoms with Crippen molar-refractivity contribution in [2.75, 3.05) is 0 Å². The fourth-order valence-corrected chi connectivity index (χ4v) is 18.5. The van der Waals surface area contributed by atoms with Gasteiger partial charge in [-0.2, -0.15) is 0 Å². The molecular weight excluding hydrogens is 781 g/mol. The lowest BCUT2D eigenvalue weighted by atomic mass is 10.1. The summed E-state index contributed by atoms with van der Waals surface area (Å²) < 4.78 is 22.3. The molecular formula is C55H76O4Si2. The molecule has 0 radical (unpaired) electrons. The van der Waals surface area contributed by atoms with Gasteiger partial charge in [-0.25, -0.2) is 4.79 Å². The van der Waals surface area contributed by atoms with Crippen molar-refractivity contribution in [3.8, 4) is 0 Å². The number of hydrogen-bond acceptors (Lipinski definition) is 4. The van der Waals surface area contributed by atoms with Crippen LogP contribution in [0.1, 0.15) is 145 Å². The molecule has 1 saturated heterocycles. The molecule has 328 valence electrons. The molecule has 61 heavy (non-hydrogen) atoms. The van der Waals surface area contributed by atoms with Crippen molar-refractivity contribution in [1.29, 1.82) is 0 Å². The fourth-order valence-electron chi connectivity index (χ4n) is 9.27. The van der Waals surface area contributed by atoms with Gasteiger partial charge in [-0.15, -0.1) is 0 Å². The van der Waals surface area contributed by atoms with E-state index in [1.165, 1.54) is 77.0 Å². The van der Waals surface area contributed by atoms with Crippen molar-refractivity contribution in [2.24, 2.45) is 0 Å². The van der Waals surface area contributed by atoms with Crippen LogP contribution in [0.5, 0.6) is 0 Å². The van der Waals surface area contributed by atoms with Crippen LogP contribution < -0.4 is 20.7 Å². The average Bonchev–Trinajstić information content (AvgIpc) is 3.63. The van der Waals surface area contributed by atoms with Gasteiger partial charge in [-0.3, -0.25) is 0 Å². The standard InChI is InChI=1S/C55H76O4Si2/c1-8-9-10-11-12-13-14-15-16-17-18-19-20-21-22-27-36-46-45-51(57-52(46)56)53(58-60(54(2,3)4,47-37-28-23-29-38-47)48-39-30-24-31-40-48)59-61(55(5,6)7,49-41-32-25-33-42-49)50-43-34-26-35-44-50/h15-16,23-26,28-44,51,53H,8-14,17-22,27,45H2,1-7H3. The molecule has 0 N–H and O–H groups in total. The lowest BCUT2D eigenvalue weighted by Gasteiger charge is -2.50. The van der Waals surface area contributed by atoms with Gasteiger partial charge in [0.1, 0.15) is 0 Å². The van der Waals surface area contributed by atoms with E-state index in [-0.39, 0.29) is 16.0 Å². The molecule has 1 heterocycles. The van der Waals surface area contributed by atoms with Crippen molar-refractivity contribution in [3.05, 3.63) is 145 Å². The maximum atomic E-state index is 13.9.